The smallest absolute Gasteiger partial charge is 0.342 e. The van der Waals surface area contributed by atoms with Crippen LogP contribution in [0, 0.1) is 0 Å². The van der Waals surface area contributed by atoms with E-state index in [0.717, 1.165) is 24.2 Å². The van der Waals surface area contributed by atoms with E-state index < -0.39 is 0 Å². The van der Waals surface area contributed by atoms with E-state index in [0.29, 0.717) is 5.88 Å². The molecule has 18 heavy (non-hydrogen) atoms. The van der Waals surface area contributed by atoms with Crippen LogP contribution in [0.5, 0.6) is 11.9 Å². The molecule has 2 aromatic heterocycles. The lowest BCUT2D eigenvalue weighted by atomic mass is 10.2. The Bertz CT molecular complexity index is 524. The van der Waals surface area contributed by atoms with Crippen LogP contribution in [0.3, 0.4) is 0 Å². The number of nitrogens with one attached hydrogen (secondary N) is 1. The van der Waals surface area contributed by atoms with Crippen molar-refractivity contribution < 1.29 is 4.74 Å². The van der Waals surface area contributed by atoms with Gasteiger partial charge in [0.05, 0.1) is 5.56 Å². The molecule has 0 spiro atoms. The first-order chi connectivity index (χ1) is 8.74. The van der Waals surface area contributed by atoms with Crippen LogP contribution in [-0.4, -0.2) is 31.8 Å². The Labute approximate surface area is 105 Å². The molecule has 2 aromatic rings. The average molecular weight is 248 g/mol. The lowest BCUT2D eigenvalue weighted by Gasteiger charge is -2.10. The molecule has 0 atom stereocenters. The zero-order valence-corrected chi connectivity index (χ0v) is 10.7. The van der Waals surface area contributed by atoms with Crippen LogP contribution in [0.25, 0.3) is 0 Å². The number of nitrogens with zero attached hydrogens (tertiary/aromatic N) is 5. The second-order valence-corrected chi connectivity index (χ2v) is 3.81. The third kappa shape index (κ3) is 2.55. The number of aromatic nitrogens is 5. The molecular formula is C11H16N6O. The molecule has 0 aromatic carbocycles. The molecule has 0 aliphatic carbocycles. The van der Waals surface area contributed by atoms with Gasteiger partial charge in [-0.2, -0.15) is 4.98 Å². The second-order valence-electron chi connectivity index (χ2n) is 3.81. The lowest BCUT2D eigenvalue weighted by Crippen LogP contribution is -2.03. The summed E-state index contributed by atoms with van der Waals surface area (Å²) < 4.78 is 7.17. The van der Waals surface area contributed by atoms with Crippen LogP contribution in [0.1, 0.15) is 18.9 Å². The van der Waals surface area contributed by atoms with Crippen LogP contribution in [0.4, 0.5) is 5.82 Å². The van der Waals surface area contributed by atoms with Crippen LogP contribution < -0.4 is 10.1 Å². The van der Waals surface area contributed by atoms with E-state index in [4.69, 9.17) is 4.74 Å². The van der Waals surface area contributed by atoms with Crippen molar-refractivity contribution in [3.8, 4) is 11.9 Å². The first-order valence-corrected chi connectivity index (χ1v) is 5.79. The summed E-state index contributed by atoms with van der Waals surface area (Å²) in [6, 6.07) is 0.288. The van der Waals surface area contributed by atoms with E-state index in [1.165, 1.54) is 6.33 Å². The number of aryl methyl sites for hydroxylation is 1. The van der Waals surface area contributed by atoms with Gasteiger partial charge in [-0.1, -0.05) is 13.3 Å². The maximum absolute atomic E-state index is 5.59. The van der Waals surface area contributed by atoms with Gasteiger partial charge >= 0.3 is 6.01 Å². The van der Waals surface area contributed by atoms with E-state index in [2.05, 4.69) is 32.3 Å². The highest BCUT2D eigenvalue weighted by Crippen LogP contribution is 2.25. The van der Waals surface area contributed by atoms with Gasteiger partial charge in [0.15, 0.2) is 0 Å². The Hall–Kier alpha value is -2.18. The topological polar surface area (TPSA) is 77.8 Å². The van der Waals surface area contributed by atoms with Gasteiger partial charge in [-0.25, -0.2) is 9.97 Å². The summed E-state index contributed by atoms with van der Waals surface area (Å²) in [5.41, 5.74) is 0.940. The van der Waals surface area contributed by atoms with Gasteiger partial charge in [-0.3, -0.25) is 4.68 Å². The maximum Gasteiger partial charge on any atom is 0.342 e. The zero-order valence-electron chi connectivity index (χ0n) is 10.7. The largest absolute Gasteiger partial charge is 0.404 e. The van der Waals surface area contributed by atoms with Gasteiger partial charge in [0.1, 0.15) is 18.5 Å². The van der Waals surface area contributed by atoms with E-state index in [1.54, 1.807) is 18.1 Å². The quantitative estimate of drug-likeness (QED) is 0.861. The minimum Gasteiger partial charge on any atom is -0.404 e. The van der Waals surface area contributed by atoms with Gasteiger partial charge in [0, 0.05) is 14.1 Å². The van der Waals surface area contributed by atoms with Gasteiger partial charge in [-0.05, 0) is 6.42 Å². The minimum absolute atomic E-state index is 0.288. The fraction of sp³-hybridized carbons (Fsp3) is 0.455. The Morgan fingerprint density at radius 2 is 2.17 bits per heavy atom. The Kier molecular flexibility index (Phi) is 3.71. The molecule has 0 fully saturated rings. The molecule has 0 amide bonds. The Morgan fingerprint density at radius 1 is 1.33 bits per heavy atom. The van der Waals surface area contributed by atoms with Gasteiger partial charge in [-0.15, -0.1) is 5.10 Å². The van der Waals surface area contributed by atoms with Crippen molar-refractivity contribution in [2.45, 2.75) is 19.8 Å². The third-order valence-electron chi connectivity index (χ3n) is 2.41. The fourth-order valence-electron chi connectivity index (χ4n) is 1.63. The zero-order chi connectivity index (χ0) is 13.0. The van der Waals surface area contributed by atoms with E-state index in [1.807, 2.05) is 7.05 Å². The summed E-state index contributed by atoms with van der Waals surface area (Å²) in [5, 5.41) is 7.10. The molecule has 2 heterocycles. The molecule has 0 aliphatic rings. The Morgan fingerprint density at radius 3 is 2.78 bits per heavy atom. The average Bonchev–Trinajstić information content (AvgIpc) is 2.77. The molecular weight excluding hydrogens is 232 g/mol. The highest BCUT2D eigenvalue weighted by Gasteiger charge is 2.13. The Balaban J connectivity index is 2.31. The van der Waals surface area contributed by atoms with Crippen LogP contribution in [-0.2, 0) is 13.5 Å². The SMILES string of the molecule is CCCc1c(NC)ncnc1Oc1ncn(C)n1. The number of hydrogen-bond donors (Lipinski definition) is 1. The highest BCUT2D eigenvalue weighted by molar-refractivity contribution is 5.48. The molecule has 0 saturated heterocycles. The molecule has 1 N–H and O–H groups in total. The number of hydrogen-bond acceptors (Lipinski definition) is 6. The van der Waals surface area contributed by atoms with Crippen molar-refractivity contribution in [1.82, 2.24) is 24.7 Å². The predicted molar refractivity (Wildman–Crippen MR) is 66.7 cm³/mol. The van der Waals surface area contributed by atoms with Gasteiger partial charge in [0.2, 0.25) is 5.88 Å². The number of anilines is 1. The van der Waals surface area contributed by atoms with Crippen LogP contribution in [0.15, 0.2) is 12.7 Å². The minimum atomic E-state index is 0.288. The summed E-state index contributed by atoms with van der Waals surface area (Å²) in [6.45, 7) is 2.09. The molecule has 2 rings (SSSR count). The molecule has 0 unspecified atom stereocenters. The van der Waals surface area contributed by atoms with Crippen molar-refractivity contribution in [3.05, 3.63) is 18.2 Å². The summed E-state index contributed by atoms with van der Waals surface area (Å²) in [4.78, 5) is 12.3. The van der Waals surface area contributed by atoms with E-state index in [-0.39, 0.29) is 6.01 Å². The van der Waals surface area contributed by atoms with Crippen molar-refractivity contribution >= 4 is 5.82 Å². The summed E-state index contributed by atoms with van der Waals surface area (Å²) in [5.74, 6) is 1.28. The third-order valence-corrected chi connectivity index (χ3v) is 2.41. The maximum atomic E-state index is 5.59. The van der Waals surface area contributed by atoms with Crippen molar-refractivity contribution in [2.24, 2.45) is 7.05 Å². The predicted octanol–water partition coefficient (Wildman–Crippen LogP) is 1.39. The van der Waals surface area contributed by atoms with Gasteiger partial charge < -0.3 is 10.1 Å². The second kappa shape index (κ2) is 5.44. The normalized spacial score (nSPS) is 10.4. The molecule has 7 heteroatoms. The molecule has 0 aliphatic heterocycles. The van der Waals surface area contributed by atoms with E-state index >= 15 is 0 Å². The number of ether oxygens (including phenoxy) is 1. The highest BCUT2D eigenvalue weighted by atomic mass is 16.5. The lowest BCUT2D eigenvalue weighted by molar-refractivity contribution is 0.416. The van der Waals surface area contributed by atoms with Crippen molar-refractivity contribution in [2.75, 3.05) is 12.4 Å². The van der Waals surface area contributed by atoms with E-state index in [9.17, 15) is 0 Å². The van der Waals surface area contributed by atoms with Crippen molar-refractivity contribution in [1.29, 1.82) is 0 Å². The summed E-state index contributed by atoms with van der Waals surface area (Å²) >= 11 is 0. The molecule has 7 nitrogen and oxygen atoms in total. The summed E-state index contributed by atoms with van der Waals surface area (Å²) in [7, 11) is 3.61. The first-order valence-electron chi connectivity index (χ1n) is 5.79. The summed E-state index contributed by atoms with van der Waals surface area (Å²) in [6.07, 6.45) is 4.85. The standard InChI is InChI=1S/C11H16N6O/c1-4-5-8-9(12-2)13-6-14-10(8)18-11-15-7-17(3)16-11/h6-7H,4-5H2,1-3H3,(H,12,13,14). The fourth-order valence-corrected chi connectivity index (χ4v) is 1.63. The van der Waals surface area contributed by atoms with Crippen molar-refractivity contribution in [3.63, 3.8) is 0 Å². The van der Waals surface area contributed by atoms with Crippen LogP contribution >= 0.6 is 0 Å². The first kappa shape index (κ1) is 12.3. The molecule has 0 bridgehead atoms. The molecule has 0 saturated carbocycles. The molecule has 0 radical (unpaired) electrons. The monoisotopic (exact) mass is 248 g/mol. The number of rotatable bonds is 5. The molecule has 96 valence electrons. The van der Waals surface area contributed by atoms with Gasteiger partial charge in [0.25, 0.3) is 0 Å². The van der Waals surface area contributed by atoms with Crippen LogP contribution in [0.2, 0.25) is 0 Å².